The lowest BCUT2D eigenvalue weighted by Crippen LogP contribution is -2.38. The molecule has 8 nitrogen and oxygen atoms in total. The summed E-state index contributed by atoms with van der Waals surface area (Å²) in [6.07, 6.45) is 7.16. The third kappa shape index (κ3) is 3.25. The summed E-state index contributed by atoms with van der Waals surface area (Å²) in [4.78, 5) is 42.4. The van der Waals surface area contributed by atoms with Crippen LogP contribution in [0, 0.1) is 6.92 Å². The number of hydrogen-bond donors (Lipinski definition) is 0. The second-order valence-electron chi connectivity index (χ2n) is 6.50. The first-order chi connectivity index (χ1) is 13.1. The average molecular weight is 364 g/mol. The highest BCUT2D eigenvalue weighted by atomic mass is 16.2. The molecular weight excluding hydrogens is 344 g/mol. The van der Waals surface area contributed by atoms with Crippen molar-refractivity contribution in [2.75, 3.05) is 31.1 Å². The van der Waals surface area contributed by atoms with Crippen LogP contribution in [0.15, 0.2) is 47.8 Å². The molecule has 138 valence electrons. The van der Waals surface area contributed by atoms with Crippen molar-refractivity contribution < 1.29 is 4.79 Å². The van der Waals surface area contributed by atoms with Gasteiger partial charge in [0.15, 0.2) is 0 Å². The average Bonchev–Trinajstić information content (AvgIpc) is 2.95. The van der Waals surface area contributed by atoms with Gasteiger partial charge in [0.25, 0.3) is 11.5 Å². The lowest BCUT2D eigenvalue weighted by atomic mass is 10.2. The largest absolute Gasteiger partial charge is 0.353 e. The highest BCUT2D eigenvalue weighted by molar-refractivity contribution is 5.93. The molecule has 1 fully saturated rings. The molecule has 27 heavy (non-hydrogen) atoms. The number of aryl methyl sites for hydroxylation is 1. The van der Waals surface area contributed by atoms with Crippen LogP contribution in [0.5, 0.6) is 0 Å². The van der Waals surface area contributed by atoms with Crippen molar-refractivity contribution in [2.45, 2.75) is 13.3 Å². The quantitative estimate of drug-likeness (QED) is 0.678. The molecule has 0 spiro atoms. The highest BCUT2D eigenvalue weighted by Crippen LogP contribution is 2.16. The van der Waals surface area contributed by atoms with Crippen molar-refractivity contribution >= 4 is 17.4 Å². The Morgan fingerprint density at radius 3 is 2.74 bits per heavy atom. The second kappa shape index (κ2) is 7.14. The highest BCUT2D eigenvalue weighted by Gasteiger charge is 2.24. The van der Waals surface area contributed by atoms with Gasteiger partial charge in [0.2, 0.25) is 0 Å². The van der Waals surface area contributed by atoms with Crippen molar-refractivity contribution in [1.29, 1.82) is 0 Å². The molecule has 0 radical (unpaired) electrons. The molecule has 0 bridgehead atoms. The molecule has 0 atom stereocenters. The summed E-state index contributed by atoms with van der Waals surface area (Å²) >= 11 is 0. The Bertz CT molecular complexity index is 1050. The van der Waals surface area contributed by atoms with Crippen LogP contribution in [0.2, 0.25) is 0 Å². The topological polar surface area (TPSA) is 83.7 Å². The summed E-state index contributed by atoms with van der Waals surface area (Å²) < 4.78 is 1.40. The first-order valence-electron chi connectivity index (χ1n) is 8.93. The van der Waals surface area contributed by atoms with Crippen LogP contribution in [0.3, 0.4) is 0 Å². The third-order valence-electron chi connectivity index (χ3n) is 4.78. The Hall–Kier alpha value is -3.29. The third-order valence-corrected chi connectivity index (χ3v) is 4.78. The van der Waals surface area contributed by atoms with Gasteiger partial charge in [-0.15, -0.1) is 0 Å². The fourth-order valence-electron chi connectivity index (χ4n) is 3.39. The van der Waals surface area contributed by atoms with Gasteiger partial charge in [0.05, 0.1) is 5.69 Å². The van der Waals surface area contributed by atoms with E-state index in [2.05, 4.69) is 19.9 Å². The molecule has 4 heterocycles. The Morgan fingerprint density at radius 1 is 1.04 bits per heavy atom. The van der Waals surface area contributed by atoms with E-state index in [0.717, 1.165) is 24.5 Å². The van der Waals surface area contributed by atoms with E-state index in [1.807, 2.05) is 6.92 Å². The van der Waals surface area contributed by atoms with E-state index in [1.165, 1.54) is 10.6 Å². The number of anilines is 1. The number of aromatic nitrogens is 4. The van der Waals surface area contributed by atoms with Crippen LogP contribution in [0.25, 0.3) is 5.65 Å². The molecule has 4 rings (SSSR count). The molecule has 0 saturated carbocycles. The number of nitrogens with zero attached hydrogens (tertiary/aromatic N) is 6. The summed E-state index contributed by atoms with van der Waals surface area (Å²) in [7, 11) is 0. The van der Waals surface area contributed by atoms with Gasteiger partial charge in [-0.2, -0.15) is 0 Å². The lowest BCUT2D eigenvalue weighted by Gasteiger charge is -2.23. The van der Waals surface area contributed by atoms with E-state index in [0.29, 0.717) is 25.3 Å². The summed E-state index contributed by atoms with van der Waals surface area (Å²) in [6, 6.07) is 5.29. The minimum Gasteiger partial charge on any atom is -0.353 e. The Balaban J connectivity index is 1.56. The van der Waals surface area contributed by atoms with Gasteiger partial charge in [-0.3, -0.25) is 19.0 Å². The number of fused-ring (bicyclic) bond motifs is 1. The van der Waals surface area contributed by atoms with E-state index in [-0.39, 0.29) is 17.0 Å². The molecule has 3 aromatic heterocycles. The molecule has 0 aromatic carbocycles. The monoisotopic (exact) mass is 364 g/mol. The zero-order valence-electron chi connectivity index (χ0n) is 15.1. The van der Waals surface area contributed by atoms with Gasteiger partial charge in [-0.1, -0.05) is 6.07 Å². The van der Waals surface area contributed by atoms with Gasteiger partial charge < -0.3 is 9.80 Å². The fraction of sp³-hybridized carbons (Fsp3) is 0.316. The standard InChI is InChI=1S/C19H20N6O2/c1-14-17(21-7-6-20-14)23-8-4-9-24(12-11-23)18(26)15-13-22-16-5-2-3-10-25(16)19(15)27/h2-3,5-7,10,13H,4,8-9,11-12H2,1H3. The molecular formula is C19H20N6O2. The van der Waals surface area contributed by atoms with E-state index in [1.54, 1.807) is 41.7 Å². The number of hydrogen-bond acceptors (Lipinski definition) is 6. The smallest absolute Gasteiger partial charge is 0.270 e. The SMILES string of the molecule is Cc1nccnc1N1CCCN(C(=O)c2cnc3ccccn3c2=O)CC1. The van der Waals surface area contributed by atoms with Crippen LogP contribution >= 0.6 is 0 Å². The molecule has 0 aliphatic carbocycles. The minimum absolute atomic E-state index is 0.0998. The Morgan fingerprint density at radius 2 is 1.89 bits per heavy atom. The first-order valence-corrected chi connectivity index (χ1v) is 8.93. The fourth-order valence-corrected chi connectivity index (χ4v) is 3.39. The number of carbonyl (C=O) groups is 1. The summed E-state index contributed by atoms with van der Waals surface area (Å²) in [5.74, 6) is 0.572. The maximum absolute atomic E-state index is 13.0. The van der Waals surface area contributed by atoms with Crippen LogP contribution in [-0.4, -0.2) is 56.3 Å². The van der Waals surface area contributed by atoms with Crippen LogP contribution < -0.4 is 10.5 Å². The predicted molar refractivity (Wildman–Crippen MR) is 101 cm³/mol. The molecule has 8 heteroatoms. The molecule has 0 N–H and O–H groups in total. The van der Waals surface area contributed by atoms with E-state index in [4.69, 9.17) is 0 Å². The summed E-state index contributed by atoms with van der Waals surface area (Å²) in [6.45, 7) is 4.47. The Labute approximate surface area is 156 Å². The second-order valence-corrected chi connectivity index (χ2v) is 6.50. The van der Waals surface area contributed by atoms with Crippen LogP contribution in [0.1, 0.15) is 22.5 Å². The van der Waals surface area contributed by atoms with Crippen molar-refractivity contribution in [1.82, 2.24) is 24.3 Å². The van der Waals surface area contributed by atoms with E-state index in [9.17, 15) is 9.59 Å². The molecule has 1 aliphatic heterocycles. The van der Waals surface area contributed by atoms with E-state index >= 15 is 0 Å². The number of rotatable bonds is 2. The maximum Gasteiger partial charge on any atom is 0.270 e. The molecule has 0 unspecified atom stereocenters. The molecule has 1 saturated heterocycles. The van der Waals surface area contributed by atoms with Gasteiger partial charge in [0.1, 0.15) is 17.0 Å². The summed E-state index contributed by atoms with van der Waals surface area (Å²) in [5, 5.41) is 0. The lowest BCUT2D eigenvalue weighted by molar-refractivity contribution is 0.0764. The molecule has 1 amide bonds. The van der Waals surface area contributed by atoms with E-state index < -0.39 is 0 Å². The van der Waals surface area contributed by atoms with Crippen molar-refractivity contribution in [3.63, 3.8) is 0 Å². The zero-order chi connectivity index (χ0) is 18.8. The molecule has 3 aromatic rings. The normalized spacial score (nSPS) is 15.0. The van der Waals surface area contributed by atoms with Gasteiger partial charge in [0, 0.05) is 51.0 Å². The first kappa shape index (κ1) is 17.1. The molecule has 1 aliphatic rings. The van der Waals surface area contributed by atoms with Gasteiger partial charge in [-0.05, 0) is 25.5 Å². The van der Waals surface area contributed by atoms with Gasteiger partial charge in [-0.25, -0.2) is 9.97 Å². The Kier molecular flexibility index (Phi) is 4.53. The number of amides is 1. The van der Waals surface area contributed by atoms with Gasteiger partial charge >= 0.3 is 0 Å². The summed E-state index contributed by atoms with van der Waals surface area (Å²) in [5.41, 5.74) is 1.16. The number of carbonyl (C=O) groups excluding carboxylic acids is 1. The maximum atomic E-state index is 13.0. The minimum atomic E-state index is -0.337. The van der Waals surface area contributed by atoms with Crippen molar-refractivity contribution in [3.8, 4) is 0 Å². The van der Waals surface area contributed by atoms with Crippen molar-refractivity contribution in [3.05, 3.63) is 64.6 Å². The predicted octanol–water partition coefficient (Wildman–Crippen LogP) is 1.15. The zero-order valence-corrected chi connectivity index (χ0v) is 15.1. The van der Waals surface area contributed by atoms with Crippen molar-refractivity contribution in [2.24, 2.45) is 0 Å². The number of pyridine rings is 1. The van der Waals surface area contributed by atoms with Crippen LogP contribution in [0.4, 0.5) is 5.82 Å². The van der Waals surface area contributed by atoms with Crippen LogP contribution in [-0.2, 0) is 0 Å².